The van der Waals surface area contributed by atoms with Gasteiger partial charge in [0.1, 0.15) is 0 Å². The number of hydrogen-bond donors (Lipinski definition) is 1. The van der Waals surface area contributed by atoms with Gasteiger partial charge in [-0.2, -0.15) is 0 Å². The van der Waals surface area contributed by atoms with Crippen molar-refractivity contribution in [3.63, 3.8) is 0 Å². The highest BCUT2D eigenvalue weighted by molar-refractivity contribution is 9.10. The summed E-state index contributed by atoms with van der Waals surface area (Å²) in [4.78, 5) is 46.5. The highest BCUT2D eigenvalue weighted by Gasteiger charge is 2.29. The van der Waals surface area contributed by atoms with Crippen LogP contribution in [0.1, 0.15) is 0 Å². The molecule has 0 saturated heterocycles. The van der Waals surface area contributed by atoms with E-state index in [9.17, 15) is 19.5 Å². The molecule has 2 heterocycles. The van der Waals surface area contributed by atoms with Crippen LogP contribution in [0, 0.1) is 0 Å². The maximum atomic E-state index is 14.0. The van der Waals surface area contributed by atoms with E-state index in [0.717, 1.165) is 6.54 Å². The normalized spacial score (nSPS) is 12.9. The van der Waals surface area contributed by atoms with Crippen molar-refractivity contribution in [2.45, 2.75) is 13.1 Å². The van der Waals surface area contributed by atoms with Crippen molar-refractivity contribution in [1.29, 1.82) is 0 Å². The van der Waals surface area contributed by atoms with Crippen LogP contribution in [-0.4, -0.2) is 117 Å². The molecule has 14 heteroatoms. The summed E-state index contributed by atoms with van der Waals surface area (Å²) in [7, 11) is 18.3. The fourth-order valence-corrected chi connectivity index (χ4v) is 5.51. The zero-order valence-corrected chi connectivity index (χ0v) is 30.1. The third-order valence-electron chi connectivity index (χ3n) is 7.27. The van der Waals surface area contributed by atoms with Gasteiger partial charge in [-0.1, -0.05) is 0 Å². The highest BCUT2D eigenvalue weighted by atomic mass is 79.9. The third-order valence-corrected chi connectivity index (χ3v) is 7.89. The molecule has 43 heavy (non-hydrogen) atoms. The first kappa shape index (κ1) is 39.0. The molecule has 1 aliphatic carbocycles. The average molecular weight is 725 g/mol. The first-order valence-corrected chi connectivity index (χ1v) is 14.3. The monoisotopic (exact) mass is 722 g/mol. The summed E-state index contributed by atoms with van der Waals surface area (Å²) >= 11 is 3.56. The van der Waals surface area contributed by atoms with Gasteiger partial charge in [-0.3, -0.25) is 28.5 Å². The van der Waals surface area contributed by atoms with Crippen LogP contribution in [0.2, 0.25) is 0 Å². The standard InChI is InChI=1S/C29H41BrN6O4.3ClH/c1-34(2,3)13-10-31-21-17-19-22-23-18(26(37)33(29(40)25(21)23)12-15-36(7,8)9)16-20(30)24(22)28(39)32(27(19)38)11-14-35(4,5)6;;;/h16-17H,10-15H2,1-9H3;3*1H/q+2;;;/p-2. The minimum absolute atomic E-state index is 0. The first-order chi connectivity index (χ1) is 18.3. The van der Waals surface area contributed by atoms with E-state index in [4.69, 9.17) is 4.99 Å². The number of rotatable bonds is 9. The molecule has 4 rings (SSSR count). The number of likely N-dealkylation sites (N-methyl/N-ethyl adjacent to an activating group) is 3. The molecule has 2 aromatic rings. The van der Waals surface area contributed by atoms with Gasteiger partial charge in [-0.05, 0) is 28.1 Å². The average Bonchev–Trinajstić information content (AvgIpc) is 2.79. The van der Waals surface area contributed by atoms with E-state index in [2.05, 4.69) is 37.1 Å². The minimum Gasteiger partial charge on any atom is -1.00 e. The SMILES string of the molecule is C[N+](C)(C)CCN=c1cc2c(=O)n(CC[N+](C)(C)C)c(=O)c3c(Br)cc4c(O)n(CC[N+](C)(C)C)c(=O)c1c4c3-2.[Cl-].[Cl-].[Cl-]. The van der Waals surface area contributed by atoms with Crippen LogP contribution in [0.3, 0.4) is 0 Å². The molecular formula is C29H42BrCl3N6O4. The molecular weight excluding hydrogens is 683 g/mol. The van der Waals surface area contributed by atoms with Crippen LogP contribution >= 0.6 is 15.9 Å². The van der Waals surface area contributed by atoms with Crippen molar-refractivity contribution in [2.75, 3.05) is 89.6 Å². The Hall–Kier alpha value is -1.99. The van der Waals surface area contributed by atoms with Crippen LogP contribution in [0.25, 0.3) is 32.7 Å². The van der Waals surface area contributed by atoms with Gasteiger partial charge in [0.05, 0.1) is 124 Å². The van der Waals surface area contributed by atoms with Gasteiger partial charge in [0.2, 0.25) is 5.88 Å². The molecule has 1 aliphatic heterocycles. The van der Waals surface area contributed by atoms with Gasteiger partial charge in [-0.25, -0.2) is 0 Å². The smallest absolute Gasteiger partial charge is 0.263 e. The van der Waals surface area contributed by atoms with Crippen LogP contribution < -0.4 is 59.3 Å². The largest absolute Gasteiger partial charge is 1.00 e. The lowest BCUT2D eigenvalue weighted by atomic mass is 9.90. The van der Waals surface area contributed by atoms with E-state index in [1.54, 1.807) is 12.1 Å². The molecule has 240 valence electrons. The maximum Gasteiger partial charge on any atom is 0.263 e. The molecule has 1 aromatic heterocycles. The number of nitrogens with zero attached hydrogens (tertiary/aromatic N) is 6. The van der Waals surface area contributed by atoms with Gasteiger partial charge < -0.3 is 55.8 Å². The van der Waals surface area contributed by atoms with E-state index in [1.165, 1.54) is 9.13 Å². The molecule has 0 saturated carbocycles. The van der Waals surface area contributed by atoms with Crippen molar-refractivity contribution in [3.8, 4) is 17.0 Å². The Balaban J connectivity index is 0.00000308. The number of quaternary nitrogens is 3. The van der Waals surface area contributed by atoms with Gasteiger partial charge >= 0.3 is 0 Å². The maximum absolute atomic E-state index is 14.0. The van der Waals surface area contributed by atoms with Crippen LogP contribution in [-0.2, 0) is 13.1 Å². The molecule has 10 nitrogen and oxygen atoms in total. The Morgan fingerprint density at radius 3 is 1.70 bits per heavy atom. The van der Waals surface area contributed by atoms with Gasteiger partial charge in [0, 0.05) is 20.8 Å². The number of hydrogen-bond acceptors (Lipinski definition) is 5. The Morgan fingerprint density at radius 1 is 0.698 bits per heavy atom. The molecule has 0 amide bonds. The van der Waals surface area contributed by atoms with Crippen molar-refractivity contribution in [3.05, 3.63) is 53.0 Å². The Labute approximate surface area is 279 Å². The summed E-state index contributed by atoms with van der Waals surface area (Å²) in [5.74, 6) is -0.181. The fourth-order valence-electron chi connectivity index (χ4n) is 4.91. The predicted molar refractivity (Wildman–Crippen MR) is 164 cm³/mol. The topological polar surface area (TPSA) is 93.7 Å². The van der Waals surface area contributed by atoms with Crippen LogP contribution in [0.5, 0.6) is 5.88 Å². The second kappa shape index (κ2) is 13.6. The van der Waals surface area contributed by atoms with Crippen molar-refractivity contribution < 1.29 is 55.8 Å². The number of pyridine rings is 2. The first-order valence-electron chi connectivity index (χ1n) is 13.5. The van der Waals surface area contributed by atoms with Crippen molar-refractivity contribution >= 4 is 37.5 Å². The summed E-state index contributed by atoms with van der Waals surface area (Å²) in [5.41, 5.74) is -0.489. The fraction of sp³-hybridized carbons (Fsp3) is 0.517. The number of benzene rings is 2. The third kappa shape index (κ3) is 8.00. The lowest BCUT2D eigenvalue weighted by Crippen LogP contribution is -3.00. The molecule has 0 atom stereocenters. The molecule has 0 unspecified atom stereocenters. The second-order valence-corrected chi connectivity index (χ2v) is 14.7. The van der Waals surface area contributed by atoms with Gasteiger partial charge in [0.25, 0.3) is 16.7 Å². The summed E-state index contributed by atoms with van der Waals surface area (Å²) in [6, 6.07) is 3.35. The summed E-state index contributed by atoms with van der Waals surface area (Å²) in [6.07, 6.45) is 0. The van der Waals surface area contributed by atoms with Crippen LogP contribution in [0.15, 0.2) is 36.0 Å². The summed E-state index contributed by atoms with van der Waals surface area (Å²) in [5, 5.41) is 13.3. The van der Waals surface area contributed by atoms with Gasteiger partial charge in [0.15, 0.2) is 0 Å². The minimum atomic E-state index is -0.413. The number of aromatic nitrogens is 2. The predicted octanol–water partition coefficient (Wildman–Crippen LogP) is -7.84. The Bertz CT molecular complexity index is 1800. The zero-order valence-electron chi connectivity index (χ0n) is 26.3. The lowest BCUT2D eigenvalue weighted by Gasteiger charge is -2.26. The lowest BCUT2D eigenvalue weighted by molar-refractivity contribution is -0.871. The highest BCUT2D eigenvalue weighted by Crippen LogP contribution is 2.40. The van der Waals surface area contributed by atoms with Crippen molar-refractivity contribution in [1.82, 2.24) is 9.13 Å². The van der Waals surface area contributed by atoms with E-state index >= 15 is 0 Å². The quantitative estimate of drug-likeness (QED) is 0.137. The van der Waals surface area contributed by atoms with Crippen molar-refractivity contribution in [2.24, 2.45) is 4.99 Å². The Kier molecular flexibility index (Phi) is 12.3. The second-order valence-electron chi connectivity index (χ2n) is 13.8. The molecule has 0 spiro atoms. The van der Waals surface area contributed by atoms with E-state index in [0.29, 0.717) is 82.1 Å². The molecule has 1 aromatic carbocycles. The van der Waals surface area contributed by atoms with E-state index in [-0.39, 0.29) is 55.2 Å². The number of aromatic hydroxyl groups is 1. The molecule has 0 bridgehead atoms. The van der Waals surface area contributed by atoms with E-state index in [1.807, 2.05) is 42.3 Å². The summed E-state index contributed by atoms with van der Waals surface area (Å²) in [6.45, 7) is 2.91. The summed E-state index contributed by atoms with van der Waals surface area (Å²) < 4.78 is 5.01. The Morgan fingerprint density at radius 2 is 1.19 bits per heavy atom. The van der Waals surface area contributed by atoms with E-state index < -0.39 is 11.1 Å². The van der Waals surface area contributed by atoms with Crippen LogP contribution in [0.4, 0.5) is 0 Å². The molecule has 0 fully saturated rings. The zero-order chi connectivity index (χ0) is 29.9. The molecule has 0 radical (unpaired) electrons. The molecule has 2 aliphatic rings. The van der Waals surface area contributed by atoms with Gasteiger partial charge in [-0.15, -0.1) is 0 Å². The number of halogens is 4. The molecule has 1 N–H and O–H groups in total.